The number of carbonyl (C=O) groups is 1. The van der Waals surface area contributed by atoms with Crippen molar-refractivity contribution in [2.75, 3.05) is 7.05 Å². The molecule has 0 saturated carbocycles. The Morgan fingerprint density at radius 2 is 2.24 bits per heavy atom. The lowest BCUT2D eigenvalue weighted by atomic mass is 10.2. The number of hydrogen-bond acceptors (Lipinski definition) is 6. The molecule has 110 valence electrons. The fraction of sp³-hybridized carbons (Fsp3) is 0.250. The molecular formula is C12H12N4O5. The fourth-order valence-electron chi connectivity index (χ4n) is 1.77. The van der Waals surface area contributed by atoms with Gasteiger partial charge in [0.05, 0.1) is 10.2 Å². The number of non-ortho nitro benzene ring substituents is 1. The van der Waals surface area contributed by atoms with E-state index in [1.807, 2.05) is 0 Å². The molecule has 0 fully saturated rings. The normalized spacial score (nSPS) is 10.4. The number of rotatable bonds is 4. The van der Waals surface area contributed by atoms with Gasteiger partial charge in [-0.2, -0.15) is 0 Å². The quantitative estimate of drug-likeness (QED) is 0.436. The van der Waals surface area contributed by atoms with Gasteiger partial charge in [0.15, 0.2) is 13.0 Å². The molecule has 0 bridgehead atoms. The summed E-state index contributed by atoms with van der Waals surface area (Å²) in [5.41, 5.74) is 0.198. The van der Waals surface area contributed by atoms with E-state index >= 15 is 0 Å². The van der Waals surface area contributed by atoms with Crippen LogP contribution < -0.4 is 9.79 Å². The van der Waals surface area contributed by atoms with Crippen LogP contribution in [0.15, 0.2) is 28.8 Å². The van der Waals surface area contributed by atoms with Gasteiger partial charge in [-0.25, -0.2) is 0 Å². The smallest absolute Gasteiger partial charge is 0.270 e. The summed E-state index contributed by atoms with van der Waals surface area (Å²) in [7, 11) is 3.00. The predicted molar refractivity (Wildman–Crippen MR) is 66.0 cm³/mol. The maximum Gasteiger partial charge on any atom is 0.270 e. The van der Waals surface area contributed by atoms with Crippen LogP contribution in [0, 0.1) is 10.1 Å². The third kappa shape index (κ3) is 2.96. The lowest BCUT2D eigenvalue weighted by Crippen LogP contribution is -2.38. The maximum atomic E-state index is 12.2. The fourth-order valence-corrected chi connectivity index (χ4v) is 1.77. The lowest BCUT2D eigenvalue weighted by Gasteiger charge is -2.15. The molecule has 0 radical (unpaired) electrons. The second-order valence-corrected chi connectivity index (χ2v) is 4.40. The van der Waals surface area contributed by atoms with Crippen molar-refractivity contribution in [2.24, 2.45) is 7.05 Å². The Hall–Kier alpha value is -2.97. The number of nitro groups is 1. The summed E-state index contributed by atoms with van der Waals surface area (Å²) in [6.45, 7) is -0.0135. The van der Waals surface area contributed by atoms with Crippen molar-refractivity contribution in [3.8, 4) is 5.95 Å². The van der Waals surface area contributed by atoms with Crippen molar-refractivity contribution in [1.29, 1.82) is 0 Å². The van der Waals surface area contributed by atoms with Crippen molar-refractivity contribution >= 4 is 11.6 Å². The van der Waals surface area contributed by atoms with Crippen molar-refractivity contribution in [3.63, 3.8) is 0 Å². The Bertz CT molecular complexity index is 677. The average Bonchev–Trinajstić information content (AvgIpc) is 2.78. The molecule has 2 rings (SSSR count). The minimum Gasteiger partial charge on any atom is -0.539 e. The van der Waals surface area contributed by atoms with Crippen LogP contribution in [0.4, 0.5) is 5.69 Å². The van der Waals surface area contributed by atoms with E-state index < -0.39 is 16.8 Å². The van der Waals surface area contributed by atoms with Gasteiger partial charge in [0.1, 0.15) is 6.54 Å². The molecule has 21 heavy (non-hydrogen) atoms. The minimum absolute atomic E-state index is 0.0135. The van der Waals surface area contributed by atoms with E-state index in [-0.39, 0.29) is 23.5 Å². The second kappa shape index (κ2) is 5.57. The van der Waals surface area contributed by atoms with Crippen LogP contribution in [0.2, 0.25) is 0 Å². The van der Waals surface area contributed by atoms with Gasteiger partial charge >= 0.3 is 0 Å². The number of aromatic nitrogens is 2. The summed E-state index contributed by atoms with van der Waals surface area (Å²) in [5, 5.41) is 25.5. The van der Waals surface area contributed by atoms with E-state index in [0.717, 1.165) is 0 Å². The standard InChI is InChI=1S/C12H12N4O5/c1-14(7-10-12(18)21-13-15(10)2)11(17)8-4-3-5-9(6-8)16(19)20/h3-6H,7H2,1-2H3. The number of nitrogens with zero attached hydrogens (tertiary/aromatic N) is 4. The van der Waals surface area contributed by atoms with Crippen molar-refractivity contribution in [2.45, 2.75) is 6.54 Å². The van der Waals surface area contributed by atoms with Gasteiger partial charge in [0.25, 0.3) is 17.3 Å². The van der Waals surface area contributed by atoms with Crippen LogP contribution in [-0.2, 0) is 13.6 Å². The molecule has 0 unspecified atom stereocenters. The van der Waals surface area contributed by atoms with Gasteiger partial charge in [-0.3, -0.25) is 14.9 Å². The van der Waals surface area contributed by atoms with E-state index in [1.165, 1.54) is 47.9 Å². The highest BCUT2D eigenvalue weighted by Crippen LogP contribution is 2.16. The number of aryl methyl sites for hydroxylation is 1. The molecule has 9 heteroatoms. The highest BCUT2D eigenvalue weighted by atomic mass is 16.6. The predicted octanol–water partition coefficient (Wildman–Crippen LogP) is -0.247. The average molecular weight is 292 g/mol. The third-order valence-electron chi connectivity index (χ3n) is 2.91. The van der Waals surface area contributed by atoms with Crippen LogP contribution in [0.3, 0.4) is 0 Å². The molecule has 0 aliphatic carbocycles. The Morgan fingerprint density at radius 1 is 1.52 bits per heavy atom. The van der Waals surface area contributed by atoms with Gasteiger partial charge in [0.2, 0.25) is 0 Å². The zero-order chi connectivity index (χ0) is 15.6. The molecule has 1 aromatic carbocycles. The number of amides is 1. The molecule has 9 nitrogen and oxygen atoms in total. The Balaban J connectivity index is 2.20. The van der Waals surface area contributed by atoms with Crippen molar-refractivity contribution in [1.82, 2.24) is 10.2 Å². The molecule has 1 heterocycles. The molecule has 0 aliphatic rings. The highest BCUT2D eigenvalue weighted by Gasteiger charge is 2.21. The summed E-state index contributed by atoms with van der Waals surface area (Å²) in [6.07, 6.45) is 0. The summed E-state index contributed by atoms with van der Waals surface area (Å²) >= 11 is 0. The van der Waals surface area contributed by atoms with E-state index in [9.17, 15) is 20.0 Å². The van der Waals surface area contributed by atoms with E-state index in [4.69, 9.17) is 0 Å². The molecule has 2 aromatic rings. The second-order valence-electron chi connectivity index (χ2n) is 4.40. The minimum atomic E-state index is -0.629. The first-order valence-electron chi connectivity index (χ1n) is 5.92. The van der Waals surface area contributed by atoms with Crippen LogP contribution in [0.25, 0.3) is 0 Å². The van der Waals surface area contributed by atoms with Gasteiger partial charge in [0, 0.05) is 24.7 Å². The Morgan fingerprint density at radius 3 is 2.81 bits per heavy atom. The first-order chi connectivity index (χ1) is 9.90. The maximum absolute atomic E-state index is 12.2. The van der Waals surface area contributed by atoms with E-state index in [1.54, 1.807) is 0 Å². The molecule has 1 amide bonds. The summed E-state index contributed by atoms with van der Waals surface area (Å²) in [4.78, 5) is 23.6. The zero-order valence-electron chi connectivity index (χ0n) is 11.3. The SMILES string of the molecule is CN(Cc1c([O-])on[n+]1C)C(=O)c1cccc([N+](=O)[O-])c1. The third-order valence-corrected chi connectivity index (χ3v) is 2.91. The molecule has 0 N–H and O–H groups in total. The van der Waals surface area contributed by atoms with Gasteiger partial charge in [-0.15, -0.1) is 0 Å². The van der Waals surface area contributed by atoms with E-state index in [2.05, 4.69) is 9.79 Å². The number of nitro benzene ring substituents is 1. The highest BCUT2D eigenvalue weighted by molar-refractivity contribution is 5.94. The Kier molecular flexibility index (Phi) is 3.83. The largest absolute Gasteiger partial charge is 0.539 e. The van der Waals surface area contributed by atoms with Crippen molar-refractivity contribution in [3.05, 3.63) is 45.6 Å². The lowest BCUT2D eigenvalue weighted by molar-refractivity contribution is -0.746. The number of benzene rings is 1. The monoisotopic (exact) mass is 292 g/mol. The van der Waals surface area contributed by atoms with Crippen molar-refractivity contribution < 1.29 is 24.0 Å². The molecular weight excluding hydrogens is 280 g/mol. The molecule has 0 atom stereocenters. The molecule has 0 spiro atoms. The molecule has 0 saturated heterocycles. The Labute approximate surface area is 119 Å². The molecule has 0 aliphatic heterocycles. The zero-order valence-corrected chi connectivity index (χ0v) is 11.3. The van der Waals surface area contributed by atoms with Gasteiger partial charge < -0.3 is 14.5 Å². The van der Waals surface area contributed by atoms with E-state index in [0.29, 0.717) is 0 Å². The first-order valence-corrected chi connectivity index (χ1v) is 5.92. The van der Waals surface area contributed by atoms with Crippen LogP contribution >= 0.6 is 0 Å². The topological polar surface area (TPSA) is 116 Å². The van der Waals surface area contributed by atoms with Gasteiger partial charge in [-0.05, 0) is 6.07 Å². The first kappa shape index (κ1) is 14.4. The number of hydrogen-bond donors (Lipinski definition) is 0. The summed E-state index contributed by atoms with van der Waals surface area (Å²) < 4.78 is 5.70. The van der Waals surface area contributed by atoms with Crippen LogP contribution in [0.1, 0.15) is 16.1 Å². The number of carbonyl (C=O) groups excluding carboxylic acids is 1. The summed E-state index contributed by atoms with van der Waals surface area (Å²) in [6, 6.07) is 5.38. The van der Waals surface area contributed by atoms with Crippen LogP contribution in [-0.4, -0.2) is 28.0 Å². The summed E-state index contributed by atoms with van der Waals surface area (Å²) in [5.74, 6) is -1.07. The molecule has 1 aromatic heterocycles. The van der Waals surface area contributed by atoms with Gasteiger partial charge in [-0.1, -0.05) is 10.7 Å². The van der Waals surface area contributed by atoms with Crippen LogP contribution in [0.5, 0.6) is 5.95 Å².